The van der Waals surface area contributed by atoms with E-state index < -0.39 is 0 Å². The molecular formula is C23H23N3O2S. The molecule has 1 aromatic heterocycles. The van der Waals surface area contributed by atoms with E-state index in [2.05, 4.69) is 42.3 Å². The molecule has 6 heteroatoms. The fourth-order valence-electron chi connectivity index (χ4n) is 3.62. The van der Waals surface area contributed by atoms with Gasteiger partial charge in [-0.2, -0.15) is 0 Å². The molecule has 0 bridgehead atoms. The van der Waals surface area contributed by atoms with Crippen molar-refractivity contribution < 1.29 is 9.59 Å². The predicted molar refractivity (Wildman–Crippen MR) is 117 cm³/mol. The van der Waals surface area contributed by atoms with Crippen LogP contribution in [0.2, 0.25) is 0 Å². The number of carbonyl (C=O) groups is 2. The largest absolute Gasteiger partial charge is 0.312 e. The zero-order valence-electron chi connectivity index (χ0n) is 16.6. The molecule has 0 aliphatic carbocycles. The van der Waals surface area contributed by atoms with Gasteiger partial charge in [0.05, 0.1) is 12.1 Å². The highest BCUT2D eigenvalue weighted by atomic mass is 32.1. The molecule has 0 saturated carbocycles. The molecule has 5 nitrogen and oxygen atoms in total. The number of aromatic nitrogens is 1. The molecule has 2 aromatic carbocycles. The number of nitrogens with one attached hydrogen (secondary N) is 1. The van der Waals surface area contributed by atoms with Crippen LogP contribution in [-0.4, -0.2) is 23.3 Å². The molecule has 3 aromatic rings. The smallest absolute Gasteiger partial charge is 0.230 e. The quantitative estimate of drug-likeness (QED) is 0.667. The number of hydrogen-bond donors (Lipinski definition) is 1. The molecule has 1 aliphatic rings. The van der Waals surface area contributed by atoms with Gasteiger partial charge in [0.2, 0.25) is 11.8 Å². The maximum Gasteiger partial charge on any atom is 0.230 e. The Labute approximate surface area is 174 Å². The molecule has 4 rings (SSSR count). The van der Waals surface area contributed by atoms with Crippen molar-refractivity contribution in [3.05, 3.63) is 64.5 Å². The summed E-state index contributed by atoms with van der Waals surface area (Å²) in [6, 6.07) is 13.9. The van der Waals surface area contributed by atoms with E-state index in [-0.39, 0.29) is 18.2 Å². The maximum atomic E-state index is 12.4. The summed E-state index contributed by atoms with van der Waals surface area (Å²) in [5.74, 6) is 0.0652. The van der Waals surface area contributed by atoms with Crippen LogP contribution in [0.3, 0.4) is 0 Å². The zero-order valence-corrected chi connectivity index (χ0v) is 17.4. The van der Waals surface area contributed by atoms with E-state index in [1.165, 1.54) is 22.5 Å². The van der Waals surface area contributed by atoms with Crippen molar-refractivity contribution >= 4 is 34.0 Å². The van der Waals surface area contributed by atoms with E-state index in [1.807, 2.05) is 29.6 Å². The van der Waals surface area contributed by atoms with Gasteiger partial charge in [-0.15, -0.1) is 11.3 Å². The monoisotopic (exact) mass is 405 g/mol. The molecule has 29 heavy (non-hydrogen) atoms. The highest BCUT2D eigenvalue weighted by Crippen LogP contribution is 2.28. The van der Waals surface area contributed by atoms with E-state index >= 15 is 0 Å². The van der Waals surface area contributed by atoms with Crippen molar-refractivity contribution in [2.24, 2.45) is 0 Å². The minimum absolute atomic E-state index is 0.100. The summed E-state index contributed by atoms with van der Waals surface area (Å²) in [6.07, 6.45) is 1.79. The first-order valence-corrected chi connectivity index (χ1v) is 10.6. The fourth-order valence-corrected chi connectivity index (χ4v) is 4.35. The van der Waals surface area contributed by atoms with Crippen LogP contribution in [0.15, 0.2) is 47.8 Å². The summed E-state index contributed by atoms with van der Waals surface area (Å²) in [4.78, 5) is 30.6. The molecule has 1 saturated heterocycles. The molecule has 1 fully saturated rings. The van der Waals surface area contributed by atoms with E-state index in [4.69, 9.17) is 0 Å². The van der Waals surface area contributed by atoms with Gasteiger partial charge in [-0.25, -0.2) is 4.98 Å². The van der Waals surface area contributed by atoms with Gasteiger partial charge in [-0.05, 0) is 43.5 Å². The number of aryl methyl sites for hydroxylation is 2. The second-order valence-corrected chi connectivity index (χ2v) is 8.25. The van der Waals surface area contributed by atoms with Crippen molar-refractivity contribution in [1.29, 1.82) is 0 Å². The van der Waals surface area contributed by atoms with E-state index in [9.17, 15) is 9.59 Å². The lowest BCUT2D eigenvalue weighted by Gasteiger charge is -2.15. The van der Waals surface area contributed by atoms with E-state index in [0.717, 1.165) is 35.5 Å². The molecule has 0 spiro atoms. The Kier molecular flexibility index (Phi) is 5.45. The van der Waals surface area contributed by atoms with Gasteiger partial charge in [-0.1, -0.05) is 35.9 Å². The van der Waals surface area contributed by atoms with Gasteiger partial charge >= 0.3 is 0 Å². The zero-order chi connectivity index (χ0) is 20.4. The number of nitrogens with zero attached hydrogens (tertiary/aromatic N) is 2. The average Bonchev–Trinajstić information content (AvgIpc) is 3.31. The molecule has 2 amide bonds. The van der Waals surface area contributed by atoms with Crippen molar-refractivity contribution in [3.8, 4) is 11.3 Å². The average molecular weight is 406 g/mol. The van der Waals surface area contributed by atoms with Crippen molar-refractivity contribution in [3.63, 3.8) is 0 Å². The number of rotatable bonds is 5. The minimum atomic E-state index is -0.100. The molecule has 0 unspecified atom stereocenters. The van der Waals surface area contributed by atoms with Crippen molar-refractivity contribution in [1.82, 2.24) is 4.98 Å². The van der Waals surface area contributed by atoms with E-state index in [0.29, 0.717) is 11.6 Å². The van der Waals surface area contributed by atoms with Crippen LogP contribution < -0.4 is 10.2 Å². The van der Waals surface area contributed by atoms with E-state index in [1.54, 1.807) is 4.90 Å². The summed E-state index contributed by atoms with van der Waals surface area (Å²) in [5.41, 5.74) is 6.15. The van der Waals surface area contributed by atoms with Crippen LogP contribution >= 0.6 is 11.3 Å². The van der Waals surface area contributed by atoms with Gasteiger partial charge in [0, 0.05) is 29.6 Å². The fraction of sp³-hybridized carbons (Fsp3) is 0.261. The van der Waals surface area contributed by atoms with Crippen LogP contribution in [0.4, 0.5) is 10.8 Å². The Morgan fingerprint density at radius 1 is 1.17 bits per heavy atom. The number of anilines is 2. The second kappa shape index (κ2) is 8.17. The Bertz CT molecular complexity index is 1060. The van der Waals surface area contributed by atoms with Crippen molar-refractivity contribution in [2.45, 2.75) is 33.1 Å². The first kappa shape index (κ1) is 19.3. The lowest BCUT2D eigenvalue weighted by atomic mass is 10.0. The third kappa shape index (κ3) is 4.38. The SMILES string of the molecule is Cc1ccc(-c2csc(NC(=O)Cc3ccc(N4CCCC4=O)cc3)n2)c(C)c1. The first-order chi connectivity index (χ1) is 14.0. The van der Waals surface area contributed by atoms with Gasteiger partial charge in [0.1, 0.15) is 0 Å². The molecule has 1 N–H and O–H groups in total. The lowest BCUT2D eigenvalue weighted by molar-refractivity contribution is -0.117. The number of benzene rings is 2. The van der Waals surface area contributed by atoms with Crippen LogP contribution in [0.5, 0.6) is 0 Å². The third-order valence-corrected chi connectivity index (χ3v) is 5.85. The first-order valence-electron chi connectivity index (χ1n) is 9.72. The van der Waals surface area contributed by atoms with Crippen LogP contribution in [0.25, 0.3) is 11.3 Å². The Hall–Kier alpha value is -2.99. The Balaban J connectivity index is 1.39. The number of carbonyl (C=O) groups excluding carboxylic acids is 2. The molecule has 0 atom stereocenters. The molecule has 2 heterocycles. The van der Waals surface area contributed by atoms with Gasteiger partial charge in [0.15, 0.2) is 5.13 Å². The molecular weight excluding hydrogens is 382 g/mol. The Morgan fingerprint density at radius 2 is 1.97 bits per heavy atom. The predicted octanol–water partition coefficient (Wildman–Crippen LogP) is 4.73. The number of thiazole rings is 1. The lowest BCUT2D eigenvalue weighted by Crippen LogP contribution is -2.23. The maximum absolute atomic E-state index is 12.4. The molecule has 1 aliphatic heterocycles. The summed E-state index contributed by atoms with van der Waals surface area (Å²) < 4.78 is 0. The normalized spacial score (nSPS) is 13.7. The van der Waals surface area contributed by atoms with Gasteiger partial charge in [-0.3, -0.25) is 9.59 Å². The van der Waals surface area contributed by atoms with Gasteiger partial charge < -0.3 is 10.2 Å². The number of hydrogen-bond acceptors (Lipinski definition) is 4. The van der Waals surface area contributed by atoms with Crippen LogP contribution in [0, 0.1) is 13.8 Å². The highest BCUT2D eigenvalue weighted by Gasteiger charge is 2.21. The minimum Gasteiger partial charge on any atom is -0.312 e. The topological polar surface area (TPSA) is 62.3 Å². The Morgan fingerprint density at radius 3 is 2.66 bits per heavy atom. The summed E-state index contributed by atoms with van der Waals surface area (Å²) >= 11 is 1.43. The third-order valence-electron chi connectivity index (χ3n) is 5.09. The second-order valence-electron chi connectivity index (χ2n) is 7.40. The van der Waals surface area contributed by atoms with Crippen LogP contribution in [-0.2, 0) is 16.0 Å². The summed E-state index contributed by atoms with van der Waals surface area (Å²) in [5, 5.41) is 5.46. The molecule has 0 radical (unpaired) electrons. The van der Waals surface area contributed by atoms with Crippen LogP contribution in [0.1, 0.15) is 29.5 Å². The van der Waals surface area contributed by atoms with Crippen molar-refractivity contribution in [2.75, 3.05) is 16.8 Å². The standard InChI is InChI=1S/C23H23N3O2S/c1-15-5-10-19(16(2)12-15)20-14-29-23(24-20)25-21(27)13-17-6-8-18(9-7-17)26-11-3-4-22(26)28/h5-10,12,14H,3-4,11,13H2,1-2H3,(H,24,25,27). The van der Waals surface area contributed by atoms with Gasteiger partial charge in [0.25, 0.3) is 0 Å². The number of amides is 2. The summed E-state index contributed by atoms with van der Waals surface area (Å²) in [7, 11) is 0. The molecule has 148 valence electrons. The summed E-state index contributed by atoms with van der Waals surface area (Å²) in [6.45, 7) is 4.91. The highest BCUT2D eigenvalue weighted by molar-refractivity contribution is 7.14.